The van der Waals surface area contributed by atoms with Crippen molar-refractivity contribution in [2.75, 3.05) is 38.1 Å². The van der Waals surface area contributed by atoms with Crippen LogP contribution in [0.2, 0.25) is 0 Å². The summed E-state index contributed by atoms with van der Waals surface area (Å²) in [5.74, 6) is -1.14. The summed E-state index contributed by atoms with van der Waals surface area (Å²) in [6, 6.07) is 6.10. The molecule has 39 heavy (non-hydrogen) atoms. The first-order valence-electron chi connectivity index (χ1n) is 11.9. The minimum Gasteiger partial charge on any atom is -0.395 e. The largest absolute Gasteiger partial charge is 0.435 e. The molecule has 2 aromatic heterocycles. The van der Waals surface area contributed by atoms with Crippen molar-refractivity contribution in [2.45, 2.75) is 31.1 Å². The highest BCUT2D eigenvalue weighted by molar-refractivity contribution is 5.74. The highest BCUT2D eigenvalue weighted by Gasteiger charge is 2.42. The van der Waals surface area contributed by atoms with E-state index >= 15 is 0 Å². The summed E-state index contributed by atoms with van der Waals surface area (Å²) in [6.45, 7) is 2.09. The van der Waals surface area contributed by atoms with Crippen LogP contribution in [0.4, 0.5) is 41.3 Å². The third kappa shape index (κ3) is 6.02. The monoisotopic (exact) mass is 562 g/mol. The van der Waals surface area contributed by atoms with Gasteiger partial charge in [0.25, 0.3) is 0 Å². The Kier molecular flexibility index (Phi) is 7.65. The number of hydrogen-bond acceptors (Lipinski definition) is 5. The molecule has 3 aromatic rings. The molecule has 0 bridgehead atoms. The smallest absolute Gasteiger partial charge is 0.395 e. The summed E-state index contributed by atoms with van der Waals surface area (Å²) in [6.07, 6.45) is -9.35. The van der Waals surface area contributed by atoms with Crippen LogP contribution in [0.3, 0.4) is 0 Å². The van der Waals surface area contributed by atoms with Crippen LogP contribution in [0.5, 0.6) is 0 Å². The Morgan fingerprint density at radius 3 is 2.36 bits per heavy atom. The topological polar surface area (TPSA) is 94.8 Å². The predicted octanol–water partition coefficient (Wildman–Crippen LogP) is 4.30. The predicted molar refractivity (Wildman–Crippen MR) is 125 cm³/mol. The van der Waals surface area contributed by atoms with E-state index in [4.69, 9.17) is 5.11 Å². The van der Waals surface area contributed by atoms with E-state index in [1.165, 1.54) is 29.2 Å². The van der Waals surface area contributed by atoms with Gasteiger partial charge in [-0.05, 0) is 30.0 Å². The molecular formula is C24H25F7N6O2. The van der Waals surface area contributed by atoms with Gasteiger partial charge < -0.3 is 20.6 Å². The maximum absolute atomic E-state index is 13.7. The first kappa shape index (κ1) is 28.4. The minimum atomic E-state index is -4.94. The van der Waals surface area contributed by atoms with E-state index in [9.17, 15) is 35.5 Å². The van der Waals surface area contributed by atoms with Crippen LogP contribution in [0.1, 0.15) is 30.3 Å². The number of urea groups is 1. The summed E-state index contributed by atoms with van der Waals surface area (Å²) in [4.78, 5) is 17.3. The Morgan fingerprint density at radius 1 is 1.08 bits per heavy atom. The fraction of sp³-hybridized carbons (Fsp3) is 0.458. The third-order valence-corrected chi connectivity index (χ3v) is 6.91. The number of carbonyl (C=O) groups excluding carboxylic acids is 1. The molecular weight excluding hydrogens is 537 g/mol. The average Bonchev–Trinajstić information content (AvgIpc) is 3.53. The number of halogens is 7. The number of anilines is 1. The lowest BCUT2D eigenvalue weighted by molar-refractivity contribution is -0.142. The maximum atomic E-state index is 13.7. The van der Waals surface area contributed by atoms with Gasteiger partial charge in [0, 0.05) is 43.7 Å². The van der Waals surface area contributed by atoms with E-state index < -0.39 is 46.7 Å². The molecule has 1 aliphatic rings. The van der Waals surface area contributed by atoms with Gasteiger partial charge in [0.05, 0.1) is 6.61 Å². The Hall–Kier alpha value is -3.62. The molecule has 1 saturated heterocycles. The maximum Gasteiger partial charge on any atom is 0.435 e. The molecule has 212 valence electrons. The van der Waals surface area contributed by atoms with Crippen LogP contribution in [0.25, 0.3) is 5.65 Å². The molecule has 15 heteroatoms. The lowest BCUT2D eigenvalue weighted by atomic mass is 9.71. The molecule has 2 amide bonds. The SMILES string of the molecule is C[C@@](CNc1cc(C(F)(F)F)nc2cc(C(F)(F)F)nn12)(c1ccc(F)cc1)[C@@H]1CCN(C(=O)NCCO)C1. The molecule has 4 rings (SSSR count). The highest BCUT2D eigenvalue weighted by Crippen LogP contribution is 2.39. The molecule has 0 spiro atoms. The van der Waals surface area contributed by atoms with E-state index in [0.29, 0.717) is 35.2 Å². The van der Waals surface area contributed by atoms with E-state index in [1.807, 2.05) is 0 Å². The summed E-state index contributed by atoms with van der Waals surface area (Å²) in [7, 11) is 0. The first-order valence-corrected chi connectivity index (χ1v) is 11.9. The van der Waals surface area contributed by atoms with E-state index in [0.717, 1.165) is 0 Å². The van der Waals surface area contributed by atoms with Crippen LogP contribution in [-0.2, 0) is 17.8 Å². The summed E-state index contributed by atoms with van der Waals surface area (Å²) < 4.78 is 94.8. The van der Waals surface area contributed by atoms with Gasteiger partial charge in [0.1, 0.15) is 11.6 Å². The van der Waals surface area contributed by atoms with Crippen molar-refractivity contribution in [3.05, 3.63) is 59.2 Å². The van der Waals surface area contributed by atoms with Crippen LogP contribution >= 0.6 is 0 Å². The Balaban J connectivity index is 1.70. The Labute approximate surface area is 217 Å². The van der Waals surface area contributed by atoms with Crippen LogP contribution in [0, 0.1) is 11.7 Å². The van der Waals surface area contributed by atoms with Crippen LogP contribution in [0.15, 0.2) is 36.4 Å². The molecule has 0 aliphatic carbocycles. The number of alkyl halides is 6. The summed E-state index contributed by atoms with van der Waals surface area (Å²) >= 11 is 0. The molecule has 1 aliphatic heterocycles. The lowest BCUT2D eigenvalue weighted by Crippen LogP contribution is -2.43. The average molecular weight is 562 g/mol. The van der Waals surface area contributed by atoms with Gasteiger partial charge in [0.15, 0.2) is 17.0 Å². The number of likely N-dealkylation sites (tertiary alicyclic amines) is 1. The highest BCUT2D eigenvalue weighted by atomic mass is 19.4. The third-order valence-electron chi connectivity index (χ3n) is 6.91. The summed E-state index contributed by atoms with van der Waals surface area (Å²) in [5, 5.41) is 17.8. The number of aromatic nitrogens is 3. The zero-order valence-corrected chi connectivity index (χ0v) is 20.6. The minimum absolute atomic E-state index is 0.0557. The van der Waals surface area contributed by atoms with Crippen molar-refractivity contribution in [1.82, 2.24) is 24.8 Å². The quantitative estimate of drug-likeness (QED) is 0.374. The van der Waals surface area contributed by atoms with Gasteiger partial charge in [-0.15, -0.1) is 0 Å². The van der Waals surface area contributed by atoms with Gasteiger partial charge >= 0.3 is 18.4 Å². The normalized spacial score (nSPS) is 17.9. The Morgan fingerprint density at radius 2 is 1.74 bits per heavy atom. The van der Waals surface area contributed by atoms with Crippen molar-refractivity contribution in [3.63, 3.8) is 0 Å². The zero-order chi connectivity index (χ0) is 28.6. The Bertz CT molecular complexity index is 1330. The molecule has 1 fully saturated rings. The number of hydrogen-bond donors (Lipinski definition) is 3. The zero-order valence-electron chi connectivity index (χ0n) is 20.6. The van der Waals surface area contributed by atoms with Gasteiger partial charge in [-0.2, -0.15) is 36.0 Å². The summed E-state index contributed by atoms with van der Waals surface area (Å²) in [5.41, 5.74) is -3.75. The van der Waals surface area contributed by atoms with Crippen molar-refractivity contribution in [1.29, 1.82) is 0 Å². The van der Waals surface area contributed by atoms with Crippen molar-refractivity contribution in [2.24, 2.45) is 5.92 Å². The van der Waals surface area contributed by atoms with Crippen LogP contribution in [-0.4, -0.2) is 63.4 Å². The number of amides is 2. The second-order valence-electron chi connectivity index (χ2n) is 9.49. The van der Waals surface area contributed by atoms with Gasteiger partial charge in [0.2, 0.25) is 0 Å². The molecule has 0 unspecified atom stereocenters. The number of fused-ring (bicyclic) bond motifs is 1. The molecule has 0 radical (unpaired) electrons. The fourth-order valence-electron chi connectivity index (χ4n) is 4.71. The molecule has 2 atom stereocenters. The number of nitrogens with one attached hydrogen (secondary N) is 2. The lowest BCUT2D eigenvalue weighted by Gasteiger charge is -2.37. The number of nitrogens with zero attached hydrogens (tertiary/aromatic N) is 4. The molecule has 1 aromatic carbocycles. The van der Waals surface area contributed by atoms with Gasteiger partial charge in [-0.25, -0.2) is 14.2 Å². The number of carbonyl (C=O) groups is 1. The van der Waals surface area contributed by atoms with E-state index in [-0.39, 0.29) is 38.0 Å². The van der Waals surface area contributed by atoms with E-state index in [2.05, 4.69) is 20.7 Å². The molecule has 3 N–H and O–H groups in total. The van der Waals surface area contributed by atoms with Crippen molar-refractivity contribution < 1.29 is 40.6 Å². The second-order valence-corrected chi connectivity index (χ2v) is 9.49. The number of rotatable bonds is 7. The van der Waals surface area contributed by atoms with Crippen molar-refractivity contribution >= 4 is 17.5 Å². The number of aliphatic hydroxyl groups is 1. The second kappa shape index (κ2) is 10.5. The van der Waals surface area contributed by atoms with E-state index in [1.54, 1.807) is 6.92 Å². The molecule has 8 nitrogen and oxygen atoms in total. The standard InChI is InChI=1S/C24H25F7N6O2/c1-22(14-2-4-16(25)5-3-14,15-6-8-36(12-15)21(39)32-7-9-38)13-33-19-10-17(23(26,27)28)34-20-11-18(24(29,30)31)35-37(19)20/h2-5,10-11,15,33,38H,6-9,12-13H2,1H3,(H,32,39)/t15-,22-/m1/s1. The number of aliphatic hydroxyl groups excluding tert-OH is 1. The molecule has 0 saturated carbocycles. The molecule has 3 heterocycles. The fourth-order valence-corrected chi connectivity index (χ4v) is 4.71. The van der Waals surface area contributed by atoms with Crippen LogP contribution < -0.4 is 10.6 Å². The first-order chi connectivity index (χ1) is 18.2. The van der Waals surface area contributed by atoms with Gasteiger partial charge in [-0.3, -0.25) is 0 Å². The van der Waals surface area contributed by atoms with Crippen molar-refractivity contribution in [3.8, 4) is 0 Å². The number of benzene rings is 1. The van der Waals surface area contributed by atoms with Gasteiger partial charge in [-0.1, -0.05) is 19.1 Å².